The molecule has 0 aliphatic heterocycles. The van der Waals surface area contributed by atoms with Crippen LogP contribution in [0.5, 0.6) is 0 Å². The van der Waals surface area contributed by atoms with E-state index in [2.05, 4.69) is 187 Å². The first-order valence-corrected chi connectivity index (χ1v) is 21.1. The number of aromatic nitrogens is 5. The fraction of sp³-hybridized carbons (Fsp3) is 0. The Bertz CT molecular complexity index is 3890. The first-order chi connectivity index (χ1) is 30.2. The van der Waals surface area contributed by atoms with Crippen LogP contribution in [0.25, 0.3) is 126 Å². The first-order valence-electron chi connectivity index (χ1n) is 20.3. The zero-order valence-corrected chi connectivity index (χ0v) is 33.3. The van der Waals surface area contributed by atoms with Crippen molar-refractivity contribution in [3.63, 3.8) is 0 Å². The summed E-state index contributed by atoms with van der Waals surface area (Å²) in [6, 6.07) is 65.7. The Morgan fingerprint density at radius 3 is 1.79 bits per heavy atom. The Kier molecular flexibility index (Phi) is 7.37. The van der Waals surface area contributed by atoms with Crippen molar-refractivity contribution in [2.75, 3.05) is 0 Å². The van der Waals surface area contributed by atoms with Crippen molar-refractivity contribution < 1.29 is 4.42 Å². The van der Waals surface area contributed by atoms with Crippen molar-refractivity contribution in [1.29, 1.82) is 0 Å². The van der Waals surface area contributed by atoms with Crippen molar-refractivity contribution >= 4 is 86.8 Å². The van der Waals surface area contributed by atoms with Crippen molar-refractivity contribution in [3.05, 3.63) is 188 Å². The van der Waals surface area contributed by atoms with Gasteiger partial charge in [0.15, 0.2) is 17.5 Å². The molecule has 13 rings (SSSR count). The van der Waals surface area contributed by atoms with Crippen LogP contribution in [0, 0.1) is 0 Å². The molecule has 284 valence electrons. The van der Waals surface area contributed by atoms with E-state index in [9.17, 15) is 0 Å². The minimum absolute atomic E-state index is 0.594. The lowest BCUT2D eigenvalue weighted by atomic mass is 10.0. The van der Waals surface area contributed by atoms with Gasteiger partial charge in [0.25, 0.3) is 0 Å². The summed E-state index contributed by atoms with van der Waals surface area (Å²) in [4.78, 5) is 20.9. The highest BCUT2D eigenvalue weighted by Crippen LogP contribution is 2.43. The van der Waals surface area contributed by atoms with Crippen molar-refractivity contribution in [1.82, 2.24) is 24.5 Å². The average Bonchev–Trinajstić information content (AvgIpc) is 4.04. The lowest BCUT2D eigenvalue weighted by Crippen LogP contribution is -2.00. The van der Waals surface area contributed by atoms with Gasteiger partial charge in [0.1, 0.15) is 16.2 Å². The standard InChI is InChI=1S/C54H31N5OS/c1-3-12-34(13-4-1)54-55-50-47(61-54)28-27-46-49(50)48-41-30-37(22-20-33(41)24-26-45(48)60-46)52-56-51(36-21-19-32-11-7-8-14-35(32)29-36)57-53(58-52)38-23-25-44-42(31-38)40-17-9-10-18-43(40)59(44)39-15-5-2-6-16-39/h1-31H. The molecule has 0 saturated carbocycles. The minimum Gasteiger partial charge on any atom is -0.456 e. The molecule has 0 radical (unpaired) electrons. The Morgan fingerprint density at radius 2 is 0.984 bits per heavy atom. The zero-order valence-electron chi connectivity index (χ0n) is 32.5. The van der Waals surface area contributed by atoms with Gasteiger partial charge in [-0.05, 0) is 88.3 Å². The number of thiazole rings is 1. The van der Waals surface area contributed by atoms with Gasteiger partial charge >= 0.3 is 0 Å². The maximum atomic E-state index is 6.54. The molecule has 0 amide bonds. The number of benzene rings is 9. The normalized spacial score (nSPS) is 11.9. The molecule has 0 aliphatic carbocycles. The third-order valence-corrected chi connectivity index (χ3v) is 12.9. The highest BCUT2D eigenvalue weighted by molar-refractivity contribution is 7.21. The van der Waals surface area contributed by atoms with E-state index >= 15 is 0 Å². The molecule has 13 aromatic rings. The van der Waals surface area contributed by atoms with Crippen LogP contribution >= 0.6 is 11.3 Å². The van der Waals surface area contributed by atoms with E-state index in [4.69, 9.17) is 24.4 Å². The van der Waals surface area contributed by atoms with Gasteiger partial charge in [-0.2, -0.15) is 0 Å². The summed E-state index contributed by atoms with van der Waals surface area (Å²) < 4.78 is 9.98. The molecule has 61 heavy (non-hydrogen) atoms. The van der Waals surface area contributed by atoms with Gasteiger partial charge in [-0.1, -0.05) is 121 Å². The molecule has 0 unspecified atom stereocenters. The van der Waals surface area contributed by atoms with Gasteiger partial charge < -0.3 is 8.98 Å². The van der Waals surface area contributed by atoms with E-state index in [1.807, 2.05) is 6.07 Å². The van der Waals surface area contributed by atoms with Crippen LogP contribution in [0.4, 0.5) is 0 Å². The lowest BCUT2D eigenvalue weighted by molar-refractivity contribution is 0.669. The molecule has 0 aliphatic rings. The monoisotopic (exact) mass is 797 g/mol. The summed E-state index contributed by atoms with van der Waals surface area (Å²) in [5.74, 6) is 1.82. The topological polar surface area (TPSA) is 69.6 Å². The zero-order chi connectivity index (χ0) is 40.0. The number of rotatable bonds is 5. The number of furan rings is 1. The number of fused-ring (bicyclic) bond motifs is 11. The third-order valence-electron chi connectivity index (χ3n) is 11.8. The van der Waals surface area contributed by atoms with Crippen molar-refractivity contribution in [2.45, 2.75) is 0 Å². The Labute approximate surface area is 352 Å². The molecule has 0 atom stereocenters. The predicted octanol–water partition coefficient (Wildman–Crippen LogP) is 14.5. The number of hydrogen-bond donors (Lipinski definition) is 0. The highest BCUT2D eigenvalue weighted by atomic mass is 32.1. The number of hydrogen-bond acceptors (Lipinski definition) is 6. The van der Waals surface area contributed by atoms with Crippen LogP contribution < -0.4 is 0 Å². The molecule has 9 aromatic carbocycles. The fourth-order valence-electron chi connectivity index (χ4n) is 8.97. The second kappa shape index (κ2) is 13.3. The van der Waals surface area contributed by atoms with Crippen LogP contribution in [0.15, 0.2) is 192 Å². The molecule has 4 aromatic heterocycles. The Hall–Kier alpha value is -8.00. The van der Waals surface area contributed by atoms with Crippen molar-refractivity contribution in [3.8, 4) is 50.4 Å². The average molecular weight is 798 g/mol. The van der Waals surface area contributed by atoms with Crippen molar-refractivity contribution in [2.24, 2.45) is 0 Å². The van der Waals surface area contributed by atoms with Gasteiger partial charge in [-0.15, -0.1) is 11.3 Å². The summed E-state index contributed by atoms with van der Waals surface area (Å²) in [6.07, 6.45) is 0. The molecule has 0 N–H and O–H groups in total. The molecule has 6 nitrogen and oxygen atoms in total. The van der Waals surface area contributed by atoms with E-state index in [0.717, 1.165) is 103 Å². The van der Waals surface area contributed by atoms with Crippen LogP contribution in [0.2, 0.25) is 0 Å². The van der Waals surface area contributed by atoms with Crippen LogP contribution in [-0.4, -0.2) is 24.5 Å². The predicted molar refractivity (Wildman–Crippen MR) is 251 cm³/mol. The minimum atomic E-state index is 0.594. The molecule has 0 bridgehead atoms. The van der Waals surface area contributed by atoms with E-state index in [1.54, 1.807) is 11.3 Å². The number of nitrogens with zero attached hydrogens (tertiary/aromatic N) is 5. The molecular formula is C54H31N5OS. The summed E-state index contributed by atoms with van der Waals surface area (Å²) in [5, 5.41) is 9.79. The third kappa shape index (κ3) is 5.41. The summed E-state index contributed by atoms with van der Waals surface area (Å²) in [6.45, 7) is 0. The maximum absolute atomic E-state index is 6.54. The smallest absolute Gasteiger partial charge is 0.164 e. The second-order valence-electron chi connectivity index (χ2n) is 15.4. The van der Waals surface area contributed by atoms with Gasteiger partial charge in [0.05, 0.1) is 26.6 Å². The van der Waals surface area contributed by atoms with E-state index in [1.165, 1.54) is 5.39 Å². The summed E-state index contributed by atoms with van der Waals surface area (Å²) in [5.41, 5.74) is 9.79. The molecule has 4 heterocycles. The van der Waals surface area contributed by atoms with E-state index in [0.29, 0.717) is 17.5 Å². The Morgan fingerprint density at radius 1 is 0.393 bits per heavy atom. The first kappa shape index (κ1) is 33.9. The SMILES string of the molecule is c1ccc(-c2nc3c(ccc4oc5ccc6ccc(-c7nc(-c8ccc9ccccc9c8)nc(-c8ccc9c(c8)c8ccccc8n9-c8ccccc8)n7)cc6c5c43)s2)cc1. The second-order valence-corrected chi connectivity index (χ2v) is 16.5. The number of para-hydroxylation sites is 2. The van der Waals surface area contributed by atoms with Gasteiger partial charge in [0.2, 0.25) is 0 Å². The maximum Gasteiger partial charge on any atom is 0.164 e. The quantitative estimate of drug-likeness (QED) is 0.173. The molecule has 7 heteroatoms. The molecule has 0 fully saturated rings. The van der Waals surface area contributed by atoms with Gasteiger partial charge in [0, 0.05) is 44.1 Å². The van der Waals surface area contributed by atoms with E-state index < -0.39 is 0 Å². The van der Waals surface area contributed by atoms with Crippen LogP contribution in [0.3, 0.4) is 0 Å². The summed E-state index contributed by atoms with van der Waals surface area (Å²) in [7, 11) is 0. The molecular weight excluding hydrogens is 767 g/mol. The summed E-state index contributed by atoms with van der Waals surface area (Å²) >= 11 is 1.70. The highest BCUT2D eigenvalue weighted by Gasteiger charge is 2.20. The van der Waals surface area contributed by atoms with Gasteiger partial charge in [-0.25, -0.2) is 19.9 Å². The van der Waals surface area contributed by atoms with Gasteiger partial charge in [-0.3, -0.25) is 0 Å². The Balaban J connectivity index is 1.03. The van der Waals surface area contributed by atoms with Crippen LogP contribution in [0.1, 0.15) is 0 Å². The molecule has 0 spiro atoms. The largest absolute Gasteiger partial charge is 0.456 e. The lowest BCUT2D eigenvalue weighted by Gasteiger charge is -2.11. The fourth-order valence-corrected chi connectivity index (χ4v) is 9.94. The molecule has 0 saturated heterocycles. The van der Waals surface area contributed by atoms with E-state index in [-0.39, 0.29) is 0 Å². The van der Waals surface area contributed by atoms with Crippen LogP contribution in [-0.2, 0) is 0 Å².